The molecule has 110 valence electrons. The molecule has 0 atom stereocenters. The molecule has 0 heterocycles. The van der Waals surface area contributed by atoms with E-state index in [1.165, 1.54) is 13.2 Å². The molecule has 0 aromatic heterocycles. The molecule has 0 aliphatic heterocycles. The van der Waals surface area contributed by atoms with Crippen LogP contribution in [0.1, 0.15) is 38.1 Å². The molecular formula is C14H22BNO4. The van der Waals surface area contributed by atoms with E-state index in [0.717, 1.165) is 0 Å². The van der Waals surface area contributed by atoms with Crippen molar-refractivity contribution in [1.82, 2.24) is 4.90 Å². The van der Waals surface area contributed by atoms with Crippen molar-refractivity contribution in [1.29, 1.82) is 0 Å². The Morgan fingerprint density at radius 1 is 1.20 bits per heavy atom. The number of ether oxygens (including phenoxy) is 1. The van der Waals surface area contributed by atoms with E-state index in [9.17, 15) is 14.8 Å². The van der Waals surface area contributed by atoms with Crippen molar-refractivity contribution < 1.29 is 19.6 Å². The van der Waals surface area contributed by atoms with E-state index in [1.54, 1.807) is 17.0 Å². The predicted octanol–water partition coefficient (Wildman–Crippen LogP) is 0.634. The average molecular weight is 279 g/mol. The van der Waals surface area contributed by atoms with Crippen LogP contribution in [0.4, 0.5) is 0 Å². The molecule has 6 heteroatoms. The van der Waals surface area contributed by atoms with E-state index in [2.05, 4.69) is 0 Å². The second-order valence-electron chi connectivity index (χ2n) is 5.20. The number of hydrogen-bond acceptors (Lipinski definition) is 4. The number of methoxy groups -OCH3 is 1. The SMILES string of the molecule is COc1cccc(B(O)O)c1C(=O)N(C(C)C)C(C)C. The van der Waals surface area contributed by atoms with Crippen LogP contribution in [0.3, 0.4) is 0 Å². The normalized spacial score (nSPS) is 10.8. The smallest absolute Gasteiger partial charge is 0.489 e. The summed E-state index contributed by atoms with van der Waals surface area (Å²) >= 11 is 0. The summed E-state index contributed by atoms with van der Waals surface area (Å²) in [5, 5.41) is 18.9. The van der Waals surface area contributed by atoms with E-state index in [1.807, 2.05) is 27.7 Å². The molecule has 0 saturated carbocycles. The molecule has 1 rings (SSSR count). The zero-order chi connectivity index (χ0) is 15.4. The minimum Gasteiger partial charge on any atom is -0.496 e. The van der Waals surface area contributed by atoms with Crippen molar-refractivity contribution in [2.45, 2.75) is 39.8 Å². The quantitative estimate of drug-likeness (QED) is 0.776. The van der Waals surface area contributed by atoms with Gasteiger partial charge in [0.25, 0.3) is 5.91 Å². The van der Waals surface area contributed by atoms with Crippen molar-refractivity contribution in [3.8, 4) is 5.75 Å². The minimum atomic E-state index is -1.72. The first kappa shape index (κ1) is 16.5. The number of amides is 1. The van der Waals surface area contributed by atoms with Gasteiger partial charge in [-0.15, -0.1) is 0 Å². The van der Waals surface area contributed by atoms with Gasteiger partial charge in [0, 0.05) is 12.1 Å². The van der Waals surface area contributed by atoms with Crippen LogP contribution in [0.2, 0.25) is 0 Å². The van der Waals surface area contributed by atoms with E-state index in [0.29, 0.717) is 5.75 Å². The van der Waals surface area contributed by atoms with E-state index >= 15 is 0 Å². The number of carbonyl (C=O) groups excluding carboxylic acids is 1. The van der Waals surface area contributed by atoms with E-state index in [-0.39, 0.29) is 29.0 Å². The second kappa shape index (κ2) is 6.77. The van der Waals surface area contributed by atoms with Gasteiger partial charge in [0.1, 0.15) is 5.75 Å². The Morgan fingerprint density at radius 3 is 2.15 bits per heavy atom. The predicted molar refractivity (Wildman–Crippen MR) is 79.3 cm³/mol. The lowest BCUT2D eigenvalue weighted by molar-refractivity contribution is 0.0641. The molecule has 0 saturated heterocycles. The molecule has 0 spiro atoms. The van der Waals surface area contributed by atoms with Crippen molar-refractivity contribution >= 4 is 18.5 Å². The summed E-state index contributed by atoms with van der Waals surface area (Å²) in [6, 6.07) is 4.77. The van der Waals surface area contributed by atoms with Crippen LogP contribution in [0.5, 0.6) is 5.75 Å². The van der Waals surface area contributed by atoms with Gasteiger partial charge in [-0.3, -0.25) is 4.79 Å². The lowest BCUT2D eigenvalue weighted by Crippen LogP contribution is -2.46. The number of carbonyl (C=O) groups is 1. The van der Waals surface area contributed by atoms with Crippen molar-refractivity contribution in [2.24, 2.45) is 0 Å². The van der Waals surface area contributed by atoms with Crippen molar-refractivity contribution in [3.63, 3.8) is 0 Å². The lowest BCUT2D eigenvalue weighted by atomic mass is 9.76. The molecule has 1 amide bonds. The Hall–Kier alpha value is -1.53. The Labute approximate surface area is 120 Å². The molecule has 0 bridgehead atoms. The minimum absolute atomic E-state index is 0.00361. The average Bonchev–Trinajstić information content (AvgIpc) is 2.36. The number of rotatable bonds is 5. The molecular weight excluding hydrogens is 257 g/mol. The lowest BCUT2D eigenvalue weighted by Gasteiger charge is -2.32. The highest BCUT2D eigenvalue weighted by Crippen LogP contribution is 2.20. The van der Waals surface area contributed by atoms with Gasteiger partial charge in [-0.1, -0.05) is 12.1 Å². The van der Waals surface area contributed by atoms with E-state index < -0.39 is 7.12 Å². The molecule has 20 heavy (non-hydrogen) atoms. The standard InChI is InChI=1S/C14H22BNO4/c1-9(2)16(10(3)4)14(17)13-11(15(18)19)7-6-8-12(13)20-5/h6-10,18-19H,1-5H3. The van der Waals surface area contributed by atoms with E-state index in [4.69, 9.17) is 4.74 Å². The Bertz CT molecular complexity index is 466. The monoisotopic (exact) mass is 279 g/mol. The summed E-state index contributed by atoms with van der Waals surface area (Å²) in [7, 11) is -0.264. The third-order valence-electron chi connectivity index (χ3n) is 3.12. The van der Waals surface area contributed by atoms with Gasteiger partial charge in [-0.2, -0.15) is 0 Å². The van der Waals surface area contributed by atoms with Gasteiger partial charge < -0.3 is 19.7 Å². The van der Waals surface area contributed by atoms with Gasteiger partial charge >= 0.3 is 7.12 Å². The fourth-order valence-corrected chi connectivity index (χ4v) is 2.36. The Kier molecular flexibility index (Phi) is 5.59. The Morgan fingerprint density at radius 2 is 1.75 bits per heavy atom. The highest BCUT2D eigenvalue weighted by atomic mass is 16.5. The second-order valence-corrected chi connectivity index (χ2v) is 5.20. The van der Waals surface area contributed by atoms with Crippen LogP contribution >= 0.6 is 0 Å². The fourth-order valence-electron chi connectivity index (χ4n) is 2.36. The van der Waals surface area contributed by atoms with Crippen LogP contribution in [0, 0.1) is 0 Å². The summed E-state index contributed by atoms with van der Waals surface area (Å²) in [4.78, 5) is 14.4. The van der Waals surface area contributed by atoms with Crippen LogP contribution in [0.25, 0.3) is 0 Å². The molecule has 1 aromatic rings. The molecule has 0 aliphatic carbocycles. The fraction of sp³-hybridized carbons (Fsp3) is 0.500. The highest BCUT2D eigenvalue weighted by molar-refractivity contribution is 6.60. The summed E-state index contributed by atoms with van der Waals surface area (Å²) in [5.41, 5.74) is 0.355. The summed E-state index contributed by atoms with van der Waals surface area (Å²) in [5.74, 6) is 0.0717. The van der Waals surface area contributed by atoms with Crippen LogP contribution in [0.15, 0.2) is 18.2 Å². The van der Waals surface area contributed by atoms with Gasteiger partial charge in [-0.25, -0.2) is 0 Å². The van der Waals surface area contributed by atoms with Gasteiger partial charge in [0.05, 0.1) is 12.7 Å². The highest BCUT2D eigenvalue weighted by Gasteiger charge is 2.29. The molecule has 0 fully saturated rings. The number of benzene rings is 1. The first-order chi connectivity index (χ1) is 9.31. The maximum atomic E-state index is 12.8. The first-order valence-corrected chi connectivity index (χ1v) is 6.66. The summed E-state index contributed by atoms with van der Waals surface area (Å²) in [6.07, 6.45) is 0. The molecule has 2 N–H and O–H groups in total. The van der Waals surface area contributed by atoms with Crippen molar-refractivity contribution in [3.05, 3.63) is 23.8 Å². The molecule has 0 aliphatic rings. The zero-order valence-corrected chi connectivity index (χ0v) is 12.6. The first-order valence-electron chi connectivity index (χ1n) is 6.66. The molecule has 5 nitrogen and oxygen atoms in total. The maximum Gasteiger partial charge on any atom is 0.489 e. The maximum absolute atomic E-state index is 12.8. The van der Waals surface area contributed by atoms with Crippen LogP contribution < -0.4 is 10.2 Å². The van der Waals surface area contributed by atoms with Gasteiger partial charge in [0.15, 0.2) is 0 Å². The third kappa shape index (κ3) is 3.32. The zero-order valence-electron chi connectivity index (χ0n) is 12.6. The van der Waals surface area contributed by atoms with Crippen LogP contribution in [-0.4, -0.2) is 47.2 Å². The van der Waals surface area contributed by atoms with Crippen molar-refractivity contribution in [2.75, 3.05) is 7.11 Å². The van der Waals surface area contributed by atoms with Crippen LogP contribution in [-0.2, 0) is 0 Å². The summed E-state index contributed by atoms with van der Waals surface area (Å²) in [6.45, 7) is 7.68. The molecule has 0 radical (unpaired) electrons. The topological polar surface area (TPSA) is 70.0 Å². The summed E-state index contributed by atoms with van der Waals surface area (Å²) < 4.78 is 5.20. The Balaban J connectivity index is 3.39. The molecule has 0 unspecified atom stereocenters. The number of nitrogens with zero attached hydrogens (tertiary/aromatic N) is 1. The largest absolute Gasteiger partial charge is 0.496 e. The van der Waals surface area contributed by atoms with Gasteiger partial charge in [-0.05, 0) is 39.2 Å². The van der Waals surface area contributed by atoms with Gasteiger partial charge in [0.2, 0.25) is 0 Å². The number of hydrogen-bond donors (Lipinski definition) is 2. The molecule has 1 aromatic carbocycles. The third-order valence-corrected chi connectivity index (χ3v) is 3.12.